The maximum absolute atomic E-state index is 11.1. The second-order valence-electron chi connectivity index (χ2n) is 4.71. The predicted molar refractivity (Wildman–Crippen MR) is 82.3 cm³/mol. The number of ketones is 2. The Hall–Kier alpha value is -0.180. The van der Waals surface area contributed by atoms with E-state index in [1.165, 1.54) is 32.6 Å². The maximum Gasteiger partial charge on any atom is 0.157 e. The zero-order valence-corrected chi connectivity index (χ0v) is 14.2. The number of carbonyl (C=O) groups excluding carboxylic acids is 2. The Balaban J connectivity index is 0. The van der Waals surface area contributed by atoms with Gasteiger partial charge in [0.25, 0.3) is 0 Å². The summed E-state index contributed by atoms with van der Waals surface area (Å²) in [6.45, 7) is 10.1. The van der Waals surface area contributed by atoms with Crippen LogP contribution in [0.2, 0.25) is 0 Å². The predicted octanol–water partition coefficient (Wildman–Crippen LogP) is 4.93. The van der Waals surface area contributed by atoms with Crippen LogP contribution in [0.15, 0.2) is 0 Å². The Morgan fingerprint density at radius 2 is 1.50 bits per heavy atom. The lowest BCUT2D eigenvalue weighted by Gasteiger charge is -2.00. The minimum Gasteiger partial charge on any atom is -0.298 e. The Labute approximate surface area is 121 Å². The largest absolute Gasteiger partial charge is 0.298 e. The van der Waals surface area contributed by atoms with Crippen molar-refractivity contribution in [2.24, 2.45) is 5.92 Å². The highest BCUT2D eigenvalue weighted by molar-refractivity contribution is 9.10. The SMILES string of the molecule is CC(=O)C(Br)C(=O)C1CC1.CCC.CCCCC. The van der Waals surface area contributed by atoms with E-state index in [9.17, 15) is 9.59 Å². The molecule has 3 heteroatoms. The lowest BCUT2D eigenvalue weighted by Crippen LogP contribution is -2.22. The summed E-state index contributed by atoms with van der Waals surface area (Å²) in [7, 11) is 0. The topological polar surface area (TPSA) is 34.1 Å². The molecule has 18 heavy (non-hydrogen) atoms. The molecule has 0 aromatic heterocycles. The Morgan fingerprint density at radius 1 is 1.11 bits per heavy atom. The smallest absolute Gasteiger partial charge is 0.157 e. The number of halogens is 1. The Morgan fingerprint density at radius 3 is 1.67 bits per heavy atom. The first-order chi connectivity index (χ1) is 8.45. The molecule has 0 saturated heterocycles. The molecule has 1 atom stereocenters. The van der Waals surface area contributed by atoms with Gasteiger partial charge in [0.15, 0.2) is 11.6 Å². The first kappa shape index (κ1) is 20.1. The maximum atomic E-state index is 11.1. The average molecular weight is 321 g/mol. The molecule has 0 aliphatic heterocycles. The van der Waals surface area contributed by atoms with Gasteiger partial charge in [-0.2, -0.15) is 0 Å². The van der Waals surface area contributed by atoms with Gasteiger partial charge in [0.2, 0.25) is 0 Å². The minimum absolute atomic E-state index is 0.0625. The van der Waals surface area contributed by atoms with E-state index < -0.39 is 4.83 Å². The molecule has 1 aliphatic rings. The summed E-state index contributed by atoms with van der Waals surface area (Å²) in [5, 5.41) is 0. The third kappa shape index (κ3) is 12.3. The van der Waals surface area contributed by atoms with E-state index >= 15 is 0 Å². The summed E-state index contributed by atoms with van der Waals surface area (Å²) in [6, 6.07) is 0. The molecule has 2 nitrogen and oxygen atoms in total. The first-order valence-electron chi connectivity index (χ1n) is 7.14. The highest BCUT2D eigenvalue weighted by atomic mass is 79.9. The van der Waals surface area contributed by atoms with Crippen molar-refractivity contribution in [2.45, 2.75) is 78.0 Å². The van der Waals surface area contributed by atoms with E-state index in [1.807, 2.05) is 0 Å². The lowest BCUT2D eigenvalue weighted by atomic mass is 10.1. The summed E-state index contributed by atoms with van der Waals surface area (Å²) in [5.41, 5.74) is 0. The summed E-state index contributed by atoms with van der Waals surface area (Å²) in [6.07, 6.45) is 7.26. The van der Waals surface area contributed by atoms with Crippen LogP contribution in [0.25, 0.3) is 0 Å². The molecule has 1 aliphatic carbocycles. The van der Waals surface area contributed by atoms with Gasteiger partial charge in [-0.3, -0.25) is 9.59 Å². The van der Waals surface area contributed by atoms with Crippen LogP contribution in [-0.4, -0.2) is 16.4 Å². The van der Waals surface area contributed by atoms with E-state index in [1.54, 1.807) is 0 Å². The molecule has 0 radical (unpaired) electrons. The molecular formula is C15H29BrO2. The average Bonchev–Trinajstić information content (AvgIpc) is 3.14. The van der Waals surface area contributed by atoms with Crippen LogP contribution in [0.1, 0.15) is 73.1 Å². The second-order valence-corrected chi connectivity index (χ2v) is 5.63. The molecule has 0 bridgehead atoms. The van der Waals surface area contributed by atoms with Crippen molar-refractivity contribution >= 4 is 27.5 Å². The van der Waals surface area contributed by atoms with Gasteiger partial charge in [-0.1, -0.05) is 69.3 Å². The third-order valence-electron chi connectivity index (χ3n) is 2.29. The standard InChI is InChI=1S/C7H9BrO2.C5H12.C3H8/c1-4(9)6(8)7(10)5-2-3-5;1-3-5-4-2;1-3-2/h5-6H,2-3H2,1H3;3-5H2,1-2H3;3H2,1-2H3. The van der Waals surface area contributed by atoms with Crippen molar-refractivity contribution in [3.63, 3.8) is 0 Å². The van der Waals surface area contributed by atoms with Crippen LogP contribution < -0.4 is 0 Å². The third-order valence-corrected chi connectivity index (χ3v) is 3.39. The van der Waals surface area contributed by atoms with E-state index in [0.29, 0.717) is 0 Å². The molecule has 1 saturated carbocycles. The minimum atomic E-state index is -0.542. The highest BCUT2D eigenvalue weighted by Crippen LogP contribution is 2.32. The van der Waals surface area contributed by atoms with Crippen LogP contribution in [0.5, 0.6) is 0 Å². The van der Waals surface area contributed by atoms with E-state index in [4.69, 9.17) is 0 Å². The van der Waals surface area contributed by atoms with Gasteiger partial charge in [0.05, 0.1) is 0 Å². The number of alkyl halides is 1. The number of unbranched alkanes of at least 4 members (excludes halogenated alkanes) is 2. The number of hydrogen-bond acceptors (Lipinski definition) is 2. The van der Waals surface area contributed by atoms with Crippen LogP contribution in [0.4, 0.5) is 0 Å². The summed E-state index contributed by atoms with van der Waals surface area (Å²) < 4.78 is 0. The normalized spacial score (nSPS) is 14.6. The van der Waals surface area contributed by atoms with Gasteiger partial charge in [-0.05, 0) is 19.8 Å². The number of hydrogen-bond donors (Lipinski definition) is 0. The van der Waals surface area contributed by atoms with Crippen molar-refractivity contribution < 1.29 is 9.59 Å². The van der Waals surface area contributed by atoms with Crippen LogP contribution in [0.3, 0.4) is 0 Å². The van der Waals surface area contributed by atoms with Gasteiger partial charge in [0, 0.05) is 5.92 Å². The van der Waals surface area contributed by atoms with Crippen molar-refractivity contribution in [3.05, 3.63) is 0 Å². The number of rotatable bonds is 5. The zero-order chi connectivity index (χ0) is 14.6. The molecule has 0 N–H and O–H groups in total. The quantitative estimate of drug-likeness (QED) is 0.531. The van der Waals surface area contributed by atoms with Crippen LogP contribution in [-0.2, 0) is 9.59 Å². The van der Waals surface area contributed by atoms with Crippen LogP contribution in [0, 0.1) is 5.92 Å². The van der Waals surface area contributed by atoms with Gasteiger partial charge in [0.1, 0.15) is 4.83 Å². The van der Waals surface area contributed by atoms with Gasteiger partial charge < -0.3 is 0 Å². The van der Waals surface area contributed by atoms with E-state index in [0.717, 1.165) is 12.8 Å². The summed E-state index contributed by atoms with van der Waals surface area (Å²) >= 11 is 3.05. The fraction of sp³-hybridized carbons (Fsp3) is 0.867. The molecule has 0 aromatic carbocycles. The Kier molecular flexibility index (Phi) is 14.8. The fourth-order valence-electron chi connectivity index (χ4n) is 1.13. The molecule has 1 rings (SSSR count). The molecule has 1 fully saturated rings. The van der Waals surface area contributed by atoms with Crippen molar-refractivity contribution in [1.29, 1.82) is 0 Å². The lowest BCUT2D eigenvalue weighted by molar-refractivity contribution is -0.125. The van der Waals surface area contributed by atoms with Crippen LogP contribution >= 0.6 is 15.9 Å². The molecular weight excluding hydrogens is 292 g/mol. The monoisotopic (exact) mass is 320 g/mol. The van der Waals surface area contributed by atoms with Gasteiger partial charge in [-0.25, -0.2) is 0 Å². The van der Waals surface area contributed by atoms with E-state index in [-0.39, 0.29) is 17.5 Å². The second kappa shape index (κ2) is 13.3. The number of Topliss-reactive ketones (excluding diaryl/α,β-unsaturated/α-hetero) is 2. The summed E-state index contributed by atoms with van der Waals surface area (Å²) in [4.78, 5) is 21.2. The molecule has 0 amide bonds. The molecule has 108 valence electrons. The van der Waals surface area contributed by atoms with Gasteiger partial charge >= 0.3 is 0 Å². The Bertz CT molecular complexity index is 221. The van der Waals surface area contributed by atoms with Crippen molar-refractivity contribution in [1.82, 2.24) is 0 Å². The van der Waals surface area contributed by atoms with Crippen molar-refractivity contribution in [2.75, 3.05) is 0 Å². The summed E-state index contributed by atoms with van der Waals surface area (Å²) in [5.74, 6) is 0.151. The highest BCUT2D eigenvalue weighted by Gasteiger charge is 2.35. The van der Waals surface area contributed by atoms with Crippen molar-refractivity contribution in [3.8, 4) is 0 Å². The first-order valence-corrected chi connectivity index (χ1v) is 8.05. The molecule has 1 unspecified atom stereocenters. The zero-order valence-electron chi connectivity index (χ0n) is 12.6. The molecule has 0 spiro atoms. The molecule has 0 aromatic rings. The van der Waals surface area contributed by atoms with Gasteiger partial charge in [-0.15, -0.1) is 0 Å². The van der Waals surface area contributed by atoms with E-state index in [2.05, 4.69) is 43.6 Å². The number of carbonyl (C=O) groups is 2. The fourth-order valence-corrected chi connectivity index (χ4v) is 1.50. The molecule has 0 heterocycles.